The maximum Gasteiger partial charge on any atom is 0.344 e. The molecule has 0 saturated carbocycles. The van der Waals surface area contributed by atoms with Crippen LogP contribution in [-0.4, -0.2) is 49.6 Å². The van der Waals surface area contributed by atoms with Gasteiger partial charge in [-0.05, 0) is 24.3 Å². The summed E-state index contributed by atoms with van der Waals surface area (Å²) in [6.07, 6.45) is -3.89. The fourth-order valence-electron chi connectivity index (χ4n) is 3.50. The molecule has 32 heavy (non-hydrogen) atoms. The number of esters is 2. The standard InChI is InChI=1S/C20H12Br2F4O6/c21-7-1-9(23)15(10(24)2-7)19(27)31-13-5-29-18-14(6-30-17(13)18)32-20(28)16-11(25)3-8(22)4-12(16)26/h1-4,13-14,17-18H,5-6H2/t13-,14+,17-,18-/m0/s1. The van der Waals surface area contributed by atoms with Crippen molar-refractivity contribution in [3.8, 4) is 0 Å². The van der Waals surface area contributed by atoms with E-state index in [0.717, 1.165) is 24.3 Å². The van der Waals surface area contributed by atoms with Gasteiger partial charge in [0.05, 0.1) is 13.2 Å². The second-order valence-corrected chi connectivity index (χ2v) is 8.80. The minimum absolute atomic E-state index is 0.107. The van der Waals surface area contributed by atoms with Gasteiger partial charge < -0.3 is 18.9 Å². The second kappa shape index (κ2) is 9.08. The van der Waals surface area contributed by atoms with Gasteiger partial charge in [0.2, 0.25) is 0 Å². The molecule has 2 aliphatic rings. The highest BCUT2D eigenvalue weighted by Gasteiger charge is 2.51. The number of ether oxygens (including phenoxy) is 4. The van der Waals surface area contributed by atoms with Gasteiger partial charge in [-0.1, -0.05) is 31.9 Å². The SMILES string of the molecule is O=C(O[C@H]1CO[C@@H]2[C@H]1OC[C@H]2OC(=O)c1c(F)cc(Br)cc1F)c1c(F)cc(Br)cc1F. The van der Waals surface area contributed by atoms with Crippen LogP contribution in [0.25, 0.3) is 0 Å². The van der Waals surface area contributed by atoms with E-state index in [0.29, 0.717) is 0 Å². The number of fused-ring (bicyclic) bond motifs is 1. The van der Waals surface area contributed by atoms with Gasteiger partial charge in [-0.3, -0.25) is 0 Å². The van der Waals surface area contributed by atoms with Crippen molar-refractivity contribution in [3.05, 3.63) is 67.6 Å². The van der Waals surface area contributed by atoms with Gasteiger partial charge in [0, 0.05) is 8.95 Å². The van der Waals surface area contributed by atoms with Crippen LogP contribution in [0.5, 0.6) is 0 Å². The van der Waals surface area contributed by atoms with Gasteiger partial charge >= 0.3 is 11.9 Å². The second-order valence-electron chi connectivity index (χ2n) is 6.97. The van der Waals surface area contributed by atoms with Crippen LogP contribution in [0.3, 0.4) is 0 Å². The van der Waals surface area contributed by atoms with Crippen LogP contribution in [-0.2, 0) is 18.9 Å². The summed E-state index contributed by atoms with van der Waals surface area (Å²) in [4.78, 5) is 24.6. The Kier molecular flexibility index (Phi) is 6.57. The van der Waals surface area contributed by atoms with Crippen molar-refractivity contribution in [2.75, 3.05) is 13.2 Å². The molecule has 0 amide bonds. The summed E-state index contributed by atoms with van der Waals surface area (Å²) in [7, 11) is 0. The van der Waals surface area contributed by atoms with Crippen molar-refractivity contribution >= 4 is 43.8 Å². The Morgan fingerprint density at radius 1 is 0.719 bits per heavy atom. The zero-order chi connectivity index (χ0) is 23.2. The van der Waals surface area contributed by atoms with Gasteiger partial charge in [0.25, 0.3) is 0 Å². The molecule has 0 unspecified atom stereocenters. The Balaban J connectivity index is 1.43. The summed E-state index contributed by atoms with van der Waals surface area (Å²) >= 11 is 5.83. The Labute approximate surface area is 195 Å². The van der Waals surface area contributed by atoms with Gasteiger partial charge in [-0.2, -0.15) is 0 Å². The lowest BCUT2D eigenvalue weighted by molar-refractivity contribution is -0.0293. The molecule has 170 valence electrons. The topological polar surface area (TPSA) is 71.1 Å². The number of carbonyl (C=O) groups excluding carboxylic acids is 2. The molecule has 6 nitrogen and oxygen atoms in total. The highest BCUT2D eigenvalue weighted by molar-refractivity contribution is 9.10. The number of carbonyl (C=O) groups is 2. The van der Waals surface area contributed by atoms with Crippen molar-refractivity contribution < 1.29 is 46.1 Å². The van der Waals surface area contributed by atoms with E-state index in [9.17, 15) is 27.2 Å². The predicted octanol–water partition coefficient (Wildman–Crippen LogP) is 4.32. The first-order valence-electron chi connectivity index (χ1n) is 9.10. The Morgan fingerprint density at radius 2 is 1.03 bits per heavy atom. The zero-order valence-electron chi connectivity index (χ0n) is 15.8. The number of hydrogen-bond donors (Lipinski definition) is 0. The molecular weight excluding hydrogens is 572 g/mol. The fourth-order valence-corrected chi connectivity index (χ4v) is 4.30. The Morgan fingerprint density at radius 3 is 1.34 bits per heavy atom. The highest BCUT2D eigenvalue weighted by Crippen LogP contribution is 2.32. The first-order chi connectivity index (χ1) is 15.2. The Bertz CT molecular complexity index is 966. The van der Waals surface area contributed by atoms with Crippen LogP contribution in [0, 0.1) is 23.3 Å². The molecule has 2 fully saturated rings. The van der Waals surface area contributed by atoms with Crippen LogP contribution in [0.4, 0.5) is 17.6 Å². The number of hydrogen-bond acceptors (Lipinski definition) is 6. The largest absolute Gasteiger partial charge is 0.453 e. The maximum atomic E-state index is 14.0. The van der Waals surface area contributed by atoms with E-state index < -0.39 is 70.8 Å². The van der Waals surface area contributed by atoms with Crippen LogP contribution in [0.2, 0.25) is 0 Å². The lowest BCUT2D eigenvalue weighted by atomic mass is 10.1. The van der Waals surface area contributed by atoms with E-state index in [-0.39, 0.29) is 22.2 Å². The van der Waals surface area contributed by atoms with Crippen molar-refractivity contribution in [2.45, 2.75) is 24.4 Å². The van der Waals surface area contributed by atoms with Crippen LogP contribution in [0.15, 0.2) is 33.2 Å². The molecule has 0 bridgehead atoms. The molecule has 2 aromatic carbocycles. The van der Waals surface area contributed by atoms with E-state index in [4.69, 9.17) is 18.9 Å². The highest BCUT2D eigenvalue weighted by atomic mass is 79.9. The number of benzene rings is 2. The fraction of sp³-hybridized carbons (Fsp3) is 0.300. The molecule has 0 aromatic heterocycles. The maximum absolute atomic E-state index is 14.0. The molecular formula is C20H12Br2F4O6. The summed E-state index contributed by atoms with van der Waals surface area (Å²) < 4.78 is 77.5. The van der Waals surface area contributed by atoms with Crippen LogP contribution in [0.1, 0.15) is 20.7 Å². The molecule has 4 rings (SSSR count). The third-order valence-electron chi connectivity index (χ3n) is 4.90. The average Bonchev–Trinajstić information content (AvgIpc) is 3.23. The van der Waals surface area contributed by atoms with Gasteiger partial charge in [-0.15, -0.1) is 0 Å². The average molecular weight is 584 g/mol. The van der Waals surface area contributed by atoms with E-state index in [1.165, 1.54) is 0 Å². The smallest absolute Gasteiger partial charge is 0.344 e. The van der Waals surface area contributed by atoms with E-state index in [1.807, 2.05) is 0 Å². The summed E-state index contributed by atoms with van der Waals surface area (Å²) in [5.74, 6) is -6.98. The summed E-state index contributed by atoms with van der Waals surface area (Å²) in [5, 5.41) is 0. The van der Waals surface area contributed by atoms with Gasteiger partial charge in [0.15, 0.2) is 12.2 Å². The Hall–Kier alpha value is -2.02. The number of halogens is 6. The third-order valence-corrected chi connectivity index (χ3v) is 5.82. The van der Waals surface area contributed by atoms with Crippen molar-refractivity contribution in [1.29, 1.82) is 0 Å². The summed E-state index contributed by atoms with van der Waals surface area (Å²) in [6, 6.07) is 3.65. The minimum atomic E-state index is -1.26. The molecule has 2 heterocycles. The molecule has 2 aliphatic heterocycles. The van der Waals surface area contributed by atoms with Crippen molar-refractivity contribution in [2.24, 2.45) is 0 Å². The quantitative estimate of drug-likeness (QED) is 0.394. The van der Waals surface area contributed by atoms with Crippen LogP contribution < -0.4 is 0 Å². The predicted molar refractivity (Wildman–Crippen MR) is 106 cm³/mol. The first-order valence-corrected chi connectivity index (χ1v) is 10.7. The van der Waals surface area contributed by atoms with E-state index in [2.05, 4.69) is 31.9 Å². The summed E-state index contributed by atoms with van der Waals surface area (Å²) in [5.41, 5.74) is -1.75. The lowest BCUT2D eigenvalue weighted by Gasteiger charge is -2.18. The van der Waals surface area contributed by atoms with Crippen molar-refractivity contribution in [1.82, 2.24) is 0 Å². The van der Waals surface area contributed by atoms with E-state index >= 15 is 0 Å². The molecule has 2 aromatic rings. The molecule has 0 radical (unpaired) electrons. The molecule has 0 N–H and O–H groups in total. The molecule has 0 aliphatic carbocycles. The van der Waals surface area contributed by atoms with Crippen LogP contribution >= 0.6 is 31.9 Å². The number of rotatable bonds is 4. The third kappa shape index (κ3) is 4.41. The molecule has 12 heteroatoms. The summed E-state index contributed by atoms with van der Waals surface area (Å²) in [6.45, 7) is -0.397. The monoisotopic (exact) mass is 582 g/mol. The zero-order valence-corrected chi connectivity index (χ0v) is 18.9. The molecule has 2 saturated heterocycles. The van der Waals surface area contributed by atoms with Crippen molar-refractivity contribution in [3.63, 3.8) is 0 Å². The van der Waals surface area contributed by atoms with E-state index in [1.54, 1.807) is 0 Å². The molecule has 0 spiro atoms. The first kappa shape index (κ1) is 23.1. The van der Waals surface area contributed by atoms with Gasteiger partial charge in [0.1, 0.15) is 46.6 Å². The lowest BCUT2D eigenvalue weighted by Crippen LogP contribution is -2.36. The molecule has 4 atom stereocenters. The van der Waals surface area contributed by atoms with Gasteiger partial charge in [-0.25, -0.2) is 27.2 Å². The normalized spacial score (nSPS) is 24.3. The minimum Gasteiger partial charge on any atom is -0.453 e.